The molecule has 3 rings (SSSR count). The molecule has 1 aliphatic carbocycles. The predicted molar refractivity (Wildman–Crippen MR) is 73.7 cm³/mol. The lowest BCUT2D eigenvalue weighted by Crippen LogP contribution is -2.39. The standard InChI is InChI=1S/C12H13N3O3S/c1-6-13-10-4-9(14-7-2-8(16)3-7)11(15(17)18)5-12(10)19-6/h4-5,7-8,14,16H,2-3H2,1H3. The number of nitro benzene ring substituents is 1. The molecule has 7 heteroatoms. The van der Waals surface area contributed by atoms with Crippen molar-refractivity contribution in [3.05, 3.63) is 27.3 Å². The van der Waals surface area contributed by atoms with Gasteiger partial charge in [0, 0.05) is 12.1 Å². The Morgan fingerprint density at radius 1 is 1.53 bits per heavy atom. The van der Waals surface area contributed by atoms with Crippen LogP contribution in [0.15, 0.2) is 12.1 Å². The topological polar surface area (TPSA) is 88.3 Å². The minimum atomic E-state index is -0.383. The zero-order valence-electron chi connectivity index (χ0n) is 10.3. The summed E-state index contributed by atoms with van der Waals surface area (Å²) in [5, 5.41) is 24.4. The third kappa shape index (κ3) is 2.26. The Labute approximate surface area is 113 Å². The SMILES string of the molecule is Cc1nc2cc(NC3CC(O)C3)c([N+](=O)[O-])cc2s1. The second-order valence-corrected chi connectivity index (χ2v) is 6.03. The Balaban J connectivity index is 1.99. The lowest BCUT2D eigenvalue weighted by atomic mass is 9.89. The molecule has 0 spiro atoms. The van der Waals surface area contributed by atoms with E-state index < -0.39 is 0 Å². The number of nitro groups is 1. The number of hydrogen-bond donors (Lipinski definition) is 2. The van der Waals surface area contributed by atoms with Gasteiger partial charge in [0.25, 0.3) is 5.69 Å². The van der Waals surface area contributed by atoms with E-state index in [0.717, 1.165) is 15.2 Å². The average molecular weight is 279 g/mol. The van der Waals surface area contributed by atoms with Crippen LogP contribution < -0.4 is 5.32 Å². The van der Waals surface area contributed by atoms with Gasteiger partial charge >= 0.3 is 0 Å². The van der Waals surface area contributed by atoms with E-state index in [0.29, 0.717) is 18.5 Å². The molecule has 100 valence electrons. The lowest BCUT2D eigenvalue weighted by molar-refractivity contribution is -0.383. The van der Waals surface area contributed by atoms with Gasteiger partial charge < -0.3 is 10.4 Å². The van der Waals surface area contributed by atoms with Crippen LogP contribution in [0.4, 0.5) is 11.4 Å². The Morgan fingerprint density at radius 3 is 2.89 bits per heavy atom. The van der Waals surface area contributed by atoms with Crippen molar-refractivity contribution in [1.29, 1.82) is 0 Å². The molecule has 2 aromatic rings. The van der Waals surface area contributed by atoms with Crippen LogP contribution >= 0.6 is 11.3 Å². The molecule has 1 aromatic carbocycles. The summed E-state index contributed by atoms with van der Waals surface area (Å²) in [6.07, 6.45) is 0.970. The first-order valence-electron chi connectivity index (χ1n) is 6.03. The molecule has 0 amide bonds. The van der Waals surface area contributed by atoms with Crippen molar-refractivity contribution < 1.29 is 10.0 Å². The summed E-state index contributed by atoms with van der Waals surface area (Å²) in [4.78, 5) is 15.1. The first-order valence-corrected chi connectivity index (χ1v) is 6.85. The Bertz CT molecular complexity index is 649. The summed E-state index contributed by atoms with van der Waals surface area (Å²) in [6, 6.07) is 3.39. The van der Waals surface area contributed by atoms with E-state index in [2.05, 4.69) is 10.3 Å². The fourth-order valence-corrected chi connectivity index (χ4v) is 3.11. The van der Waals surface area contributed by atoms with E-state index in [1.165, 1.54) is 11.3 Å². The van der Waals surface area contributed by atoms with Gasteiger partial charge in [-0.05, 0) is 25.8 Å². The van der Waals surface area contributed by atoms with Gasteiger partial charge in [-0.25, -0.2) is 4.98 Å². The van der Waals surface area contributed by atoms with Crippen molar-refractivity contribution in [3.8, 4) is 0 Å². The zero-order valence-corrected chi connectivity index (χ0v) is 11.1. The Kier molecular flexibility index (Phi) is 2.87. The molecular weight excluding hydrogens is 266 g/mol. The molecule has 0 bridgehead atoms. The average Bonchev–Trinajstić information content (AvgIpc) is 2.65. The molecule has 0 aliphatic heterocycles. The van der Waals surface area contributed by atoms with E-state index in [1.54, 1.807) is 12.1 Å². The third-order valence-electron chi connectivity index (χ3n) is 3.28. The van der Waals surface area contributed by atoms with Crippen molar-refractivity contribution in [3.63, 3.8) is 0 Å². The van der Waals surface area contributed by atoms with Crippen LogP contribution in [0.2, 0.25) is 0 Å². The number of fused-ring (bicyclic) bond motifs is 1. The van der Waals surface area contributed by atoms with Gasteiger partial charge in [0.1, 0.15) is 5.69 Å². The number of rotatable bonds is 3. The van der Waals surface area contributed by atoms with Crippen LogP contribution in [0.3, 0.4) is 0 Å². The molecule has 1 heterocycles. The number of aliphatic hydroxyl groups excluding tert-OH is 1. The highest BCUT2D eigenvalue weighted by molar-refractivity contribution is 7.18. The number of thiazole rings is 1. The molecule has 1 aromatic heterocycles. The smallest absolute Gasteiger partial charge is 0.293 e. The summed E-state index contributed by atoms with van der Waals surface area (Å²) in [6.45, 7) is 1.88. The highest BCUT2D eigenvalue weighted by Gasteiger charge is 2.29. The maximum atomic E-state index is 11.1. The lowest BCUT2D eigenvalue weighted by Gasteiger charge is -2.32. The first kappa shape index (κ1) is 12.3. The number of aromatic nitrogens is 1. The monoisotopic (exact) mass is 279 g/mol. The van der Waals surface area contributed by atoms with Crippen LogP contribution in [0, 0.1) is 17.0 Å². The van der Waals surface area contributed by atoms with E-state index in [9.17, 15) is 15.2 Å². The summed E-state index contributed by atoms with van der Waals surface area (Å²) in [5.74, 6) is 0. The van der Waals surface area contributed by atoms with Crippen molar-refractivity contribution in [1.82, 2.24) is 4.98 Å². The normalized spacial score (nSPS) is 22.2. The molecule has 19 heavy (non-hydrogen) atoms. The quantitative estimate of drug-likeness (QED) is 0.665. The third-order valence-corrected chi connectivity index (χ3v) is 4.22. The van der Waals surface area contributed by atoms with Crippen LogP contribution in [0.5, 0.6) is 0 Å². The number of aryl methyl sites for hydroxylation is 1. The predicted octanol–water partition coefficient (Wildman–Crippen LogP) is 2.45. The van der Waals surface area contributed by atoms with E-state index >= 15 is 0 Å². The van der Waals surface area contributed by atoms with Gasteiger partial charge in [0.05, 0.1) is 26.3 Å². The number of hydrogen-bond acceptors (Lipinski definition) is 6. The van der Waals surface area contributed by atoms with Crippen LogP contribution in [0.1, 0.15) is 17.8 Å². The molecule has 1 aliphatic rings. The first-order chi connectivity index (χ1) is 9.02. The second-order valence-electron chi connectivity index (χ2n) is 4.79. The van der Waals surface area contributed by atoms with Crippen molar-refractivity contribution in [2.24, 2.45) is 0 Å². The fraction of sp³-hybridized carbons (Fsp3) is 0.417. The van der Waals surface area contributed by atoms with Gasteiger partial charge in [-0.15, -0.1) is 11.3 Å². The molecule has 1 saturated carbocycles. The van der Waals surface area contributed by atoms with Crippen molar-refractivity contribution >= 4 is 32.9 Å². The Hall–Kier alpha value is -1.73. The minimum absolute atomic E-state index is 0.0672. The molecule has 0 unspecified atom stereocenters. The number of benzene rings is 1. The zero-order chi connectivity index (χ0) is 13.6. The molecule has 6 nitrogen and oxygen atoms in total. The van der Waals surface area contributed by atoms with Gasteiger partial charge in [0.2, 0.25) is 0 Å². The minimum Gasteiger partial charge on any atom is -0.393 e. The van der Waals surface area contributed by atoms with E-state index in [4.69, 9.17) is 0 Å². The summed E-state index contributed by atoms with van der Waals surface area (Å²) in [5.41, 5.74) is 1.33. The maximum Gasteiger partial charge on any atom is 0.293 e. The molecule has 2 N–H and O–H groups in total. The largest absolute Gasteiger partial charge is 0.393 e. The number of aliphatic hydroxyl groups is 1. The molecule has 1 fully saturated rings. The van der Waals surface area contributed by atoms with Crippen LogP contribution in [-0.4, -0.2) is 27.2 Å². The fourth-order valence-electron chi connectivity index (χ4n) is 2.27. The number of anilines is 1. The van der Waals surface area contributed by atoms with Gasteiger partial charge in [0.15, 0.2) is 0 Å². The van der Waals surface area contributed by atoms with E-state index in [-0.39, 0.29) is 22.8 Å². The summed E-state index contributed by atoms with van der Waals surface area (Å²) in [7, 11) is 0. The summed E-state index contributed by atoms with van der Waals surface area (Å²) < 4.78 is 0.823. The van der Waals surface area contributed by atoms with Gasteiger partial charge in [-0.1, -0.05) is 0 Å². The Morgan fingerprint density at radius 2 is 2.26 bits per heavy atom. The van der Waals surface area contributed by atoms with Gasteiger partial charge in [-0.3, -0.25) is 10.1 Å². The molecule has 0 radical (unpaired) electrons. The van der Waals surface area contributed by atoms with Gasteiger partial charge in [-0.2, -0.15) is 0 Å². The van der Waals surface area contributed by atoms with Crippen molar-refractivity contribution in [2.45, 2.75) is 31.9 Å². The maximum absolute atomic E-state index is 11.1. The number of nitrogens with zero attached hydrogens (tertiary/aromatic N) is 2. The van der Waals surface area contributed by atoms with Crippen LogP contribution in [0.25, 0.3) is 10.2 Å². The molecule has 0 saturated heterocycles. The molecular formula is C12H13N3O3S. The highest BCUT2D eigenvalue weighted by atomic mass is 32.1. The summed E-state index contributed by atoms with van der Waals surface area (Å²) >= 11 is 1.45. The van der Waals surface area contributed by atoms with Crippen LogP contribution in [-0.2, 0) is 0 Å². The van der Waals surface area contributed by atoms with Crippen molar-refractivity contribution in [2.75, 3.05) is 5.32 Å². The molecule has 0 atom stereocenters. The second kappa shape index (κ2) is 4.43. The number of nitrogens with one attached hydrogen (secondary N) is 1. The van der Waals surface area contributed by atoms with E-state index in [1.807, 2.05) is 6.92 Å². The highest BCUT2D eigenvalue weighted by Crippen LogP contribution is 2.35.